The van der Waals surface area contributed by atoms with Gasteiger partial charge < -0.3 is 24.7 Å². The van der Waals surface area contributed by atoms with Crippen LogP contribution in [-0.4, -0.2) is 121 Å². The van der Waals surface area contributed by atoms with Crippen LogP contribution in [0.15, 0.2) is 41.2 Å². The number of carbonyl (C=O) groups excluding carboxylic acids is 2. The van der Waals surface area contributed by atoms with Crippen molar-refractivity contribution < 1.29 is 32.2 Å². The highest BCUT2D eigenvalue weighted by molar-refractivity contribution is 7.99. The first kappa shape index (κ1) is 37.5. The fourth-order valence-corrected chi connectivity index (χ4v) is 8.46. The summed E-state index contributed by atoms with van der Waals surface area (Å²) in [5.74, 6) is -4.37. The summed E-state index contributed by atoms with van der Waals surface area (Å²) in [4.78, 5) is 49.7. The largest absolute Gasteiger partial charge is 0.493 e. The van der Waals surface area contributed by atoms with Crippen LogP contribution in [0.4, 0.5) is 24.5 Å². The number of imide groups is 1. The van der Waals surface area contributed by atoms with E-state index in [1.54, 1.807) is 11.8 Å². The van der Waals surface area contributed by atoms with E-state index in [0.29, 0.717) is 62.5 Å². The van der Waals surface area contributed by atoms with E-state index < -0.39 is 29.3 Å². The number of likely N-dealkylation sites (tertiary alicyclic amines) is 1. The van der Waals surface area contributed by atoms with Gasteiger partial charge in [-0.05, 0) is 56.5 Å². The van der Waals surface area contributed by atoms with Crippen LogP contribution >= 0.6 is 11.8 Å². The third-order valence-electron chi connectivity index (χ3n) is 10.6. The lowest BCUT2D eigenvalue weighted by Crippen LogP contribution is -2.53. The molecule has 0 spiro atoms. The molecule has 4 aliphatic rings. The van der Waals surface area contributed by atoms with E-state index in [1.165, 1.54) is 6.07 Å². The summed E-state index contributed by atoms with van der Waals surface area (Å²) in [5.41, 5.74) is 1.46. The number of rotatable bonds is 12. The molecule has 12 nitrogen and oxygen atoms in total. The summed E-state index contributed by atoms with van der Waals surface area (Å²) in [6.45, 7) is 5.78. The summed E-state index contributed by atoms with van der Waals surface area (Å²) >= 11 is 1.67. The van der Waals surface area contributed by atoms with Gasteiger partial charge in [-0.15, -0.1) is 0 Å². The summed E-state index contributed by atoms with van der Waals surface area (Å²) in [7, 11) is 0. The molecule has 4 aliphatic heterocycles. The number of aromatic nitrogens is 2. The van der Waals surface area contributed by atoms with Crippen molar-refractivity contribution in [2.24, 2.45) is 5.92 Å². The average Bonchev–Trinajstić information content (AvgIpc) is 3.14. The van der Waals surface area contributed by atoms with E-state index >= 15 is 8.78 Å². The summed E-state index contributed by atoms with van der Waals surface area (Å²) in [5, 5.41) is 5.78. The Morgan fingerprint density at radius 1 is 0.962 bits per heavy atom. The number of ether oxygens (including phenoxy) is 2. The Hall–Kier alpha value is -3.86. The maximum Gasteiger partial charge on any atom is 0.266 e. The number of fused-ring (bicyclic) bond motifs is 1. The number of amides is 2. The standard InChI is InChI=1S/C37H46F3N7O5S/c38-29-19-27(20-31-34(29)36(50)43-32(42-31)22-53-28-8-17-51-18-9-28)52-21-24-7-10-46(23-37(24,39)40)12-11-45-13-15-47(16-14-45)26-3-1-25(2-4-26)41-30-5-6-33(48)44-35(30)49/h1-4,19-20,24,28,30,41H,5-18,21-23H2,(H,42,43,50)(H,44,48,49). The van der Waals surface area contributed by atoms with Crippen molar-refractivity contribution in [3.8, 4) is 5.75 Å². The molecule has 3 aromatic rings. The second-order valence-corrected chi connectivity index (χ2v) is 15.6. The van der Waals surface area contributed by atoms with Crippen molar-refractivity contribution >= 4 is 45.9 Å². The SMILES string of the molecule is O=C1CCC(Nc2ccc(N3CCN(CCN4CCC(COc5cc(F)c6c(=O)[nH]c(CSC7CCOCC7)nc6c5)C(F)(F)C4)CC3)cc2)C(=O)N1. The second kappa shape index (κ2) is 16.7. The summed E-state index contributed by atoms with van der Waals surface area (Å²) in [6.07, 6.45) is 2.87. The number of piperazine rings is 1. The quantitative estimate of drug-likeness (QED) is 0.233. The number of halogens is 3. The van der Waals surface area contributed by atoms with Crippen LogP contribution in [0.3, 0.4) is 0 Å². The number of nitrogens with one attached hydrogen (secondary N) is 3. The lowest BCUT2D eigenvalue weighted by atomic mass is 9.93. The Balaban J connectivity index is 0.848. The molecule has 0 bridgehead atoms. The first-order valence-electron chi connectivity index (χ1n) is 18.4. The van der Waals surface area contributed by atoms with E-state index in [-0.39, 0.29) is 48.0 Å². The molecular weight excluding hydrogens is 712 g/mol. The molecule has 16 heteroatoms. The molecule has 4 saturated heterocycles. The van der Waals surface area contributed by atoms with Gasteiger partial charge in [0.1, 0.15) is 28.8 Å². The molecule has 1 aromatic heterocycles. The number of carbonyl (C=O) groups is 2. The monoisotopic (exact) mass is 757 g/mol. The van der Waals surface area contributed by atoms with Crippen LogP contribution in [-0.2, 0) is 20.1 Å². The van der Waals surface area contributed by atoms with Gasteiger partial charge in [-0.1, -0.05) is 0 Å². The van der Waals surface area contributed by atoms with Crippen molar-refractivity contribution in [2.45, 2.75) is 55.1 Å². The highest BCUT2D eigenvalue weighted by atomic mass is 32.2. The van der Waals surface area contributed by atoms with Crippen molar-refractivity contribution in [1.29, 1.82) is 0 Å². The molecule has 7 rings (SSSR count). The van der Waals surface area contributed by atoms with Crippen LogP contribution in [0.5, 0.6) is 5.75 Å². The van der Waals surface area contributed by atoms with E-state index in [1.807, 2.05) is 29.2 Å². The molecule has 2 amide bonds. The van der Waals surface area contributed by atoms with Crippen molar-refractivity contribution in [3.05, 3.63) is 58.4 Å². The third kappa shape index (κ3) is 9.45. The van der Waals surface area contributed by atoms with Gasteiger partial charge in [-0.3, -0.25) is 29.5 Å². The topological polar surface area (TPSA) is 132 Å². The van der Waals surface area contributed by atoms with Crippen LogP contribution in [0.1, 0.15) is 37.9 Å². The first-order chi connectivity index (χ1) is 25.6. The molecule has 2 unspecified atom stereocenters. The maximum absolute atomic E-state index is 15.4. The number of alkyl halides is 2. The molecular formula is C37H46F3N7O5S. The highest BCUT2D eigenvalue weighted by Gasteiger charge is 2.45. The normalized spacial score (nSPS) is 23.3. The Kier molecular flexibility index (Phi) is 11.8. The van der Waals surface area contributed by atoms with Crippen LogP contribution in [0.2, 0.25) is 0 Å². The zero-order chi connectivity index (χ0) is 37.0. The molecule has 0 aliphatic carbocycles. The lowest BCUT2D eigenvalue weighted by molar-refractivity contribution is -0.133. The number of piperidine rings is 2. The van der Waals surface area contributed by atoms with Gasteiger partial charge in [0, 0.05) is 87.7 Å². The van der Waals surface area contributed by atoms with Gasteiger partial charge in [0.05, 0.1) is 30.3 Å². The smallest absolute Gasteiger partial charge is 0.266 e. The molecule has 0 saturated carbocycles. The fraction of sp³-hybridized carbons (Fsp3) is 0.568. The molecule has 0 radical (unpaired) electrons. The Morgan fingerprint density at radius 3 is 2.45 bits per heavy atom. The molecule has 3 N–H and O–H groups in total. The predicted octanol–water partition coefficient (Wildman–Crippen LogP) is 3.85. The fourth-order valence-electron chi connectivity index (χ4n) is 7.40. The van der Waals surface area contributed by atoms with Gasteiger partial charge in [0.15, 0.2) is 0 Å². The summed E-state index contributed by atoms with van der Waals surface area (Å²) in [6, 6.07) is 9.99. The minimum Gasteiger partial charge on any atom is -0.493 e. The Bertz CT molecular complexity index is 1820. The zero-order valence-corrected chi connectivity index (χ0v) is 30.4. The zero-order valence-electron chi connectivity index (χ0n) is 29.6. The van der Waals surface area contributed by atoms with E-state index in [9.17, 15) is 18.8 Å². The van der Waals surface area contributed by atoms with Crippen molar-refractivity contribution in [3.63, 3.8) is 0 Å². The predicted molar refractivity (Wildman–Crippen MR) is 197 cm³/mol. The first-order valence-corrected chi connectivity index (χ1v) is 19.5. The maximum atomic E-state index is 15.4. The van der Waals surface area contributed by atoms with Gasteiger partial charge in [-0.25, -0.2) is 18.2 Å². The minimum absolute atomic E-state index is 0.0772. The molecule has 4 fully saturated rings. The molecule has 2 aromatic carbocycles. The number of thioether (sulfide) groups is 1. The average molecular weight is 758 g/mol. The Morgan fingerprint density at radius 2 is 1.72 bits per heavy atom. The number of benzene rings is 2. The molecule has 286 valence electrons. The van der Waals surface area contributed by atoms with Crippen molar-refractivity contribution in [1.82, 2.24) is 25.1 Å². The molecule has 5 heterocycles. The number of hydrogen-bond acceptors (Lipinski definition) is 11. The van der Waals surface area contributed by atoms with Gasteiger partial charge in [-0.2, -0.15) is 11.8 Å². The van der Waals surface area contributed by atoms with Crippen molar-refractivity contribution in [2.75, 3.05) is 82.4 Å². The molecule has 2 atom stereocenters. The number of nitrogens with zero attached hydrogens (tertiary/aromatic N) is 4. The van der Waals surface area contributed by atoms with Gasteiger partial charge in [0.25, 0.3) is 11.5 Å². The summed E-state index contributed by atoms with van der Waals surface area (Å²) < 4.78 is 56.9. The highest BCUT2D eigenvalue weighted by Crippen LogP contribution is 2.34. The van der Waals surface area contributed by atoms with E-state index in [4.69, 9.17) is 9.47 Å². The van der Waals surface area contributed by atoms with Gasteiger partial charge >= 0.3 is 0 Å². The minimum atomic E-state index is -2.98. The Labute approximate surface area is 310 Å². The number of aromatic amines is 1. The third-order valence-corrected chi connectivity index (χ3v) is 12.0. The van der Waals surface area contributed by atoms with Crippen LogP contribution < -0.4 is 25.8 Å². The number of hydrogen-bond donors (Lipinski definition) is 3. The van der Waals surface area contributed by atoms with Crippen LogP contribution in [0.25, 0.3) is 10.9 Å². The lowest BCUT2D eigenvalue weighted by Gasteiger charge is -2.40. The van der Waals surface area contributed by atoms with Crippen LogP contribution in [0, 0.1) is 11.7 Å². The second-order valence-electron chi connectivity index (χ2n) is 14.3. The molecule has 53 heavy (non-hydrogen) atoms. The van der Waals surface area contributed by atoms with E-state index in [2.05, 4.69) is 30.4 Å². The van der Waals surface area contributed by atoms with Gasteiger partial charge in [0.2, 0.25) is 11.8 Å². The number of H-pyrrole nitrogens is 1. The van der Waals surface area contributed by atoms with E-state index in [0.717, 1.165) is 56.5 Å². The number of anilines is 2.